The quantitative estimate of drug-likeness (QED) is 0.160. The Labute approximate surface area is 190 Å². The standard InChI is InChI=1S/C19H12Cl3N3O6/c20-11-7-14(21)17(15(22)8-11)29-9-13-5-6-16(30-13)19(26)31-24-18(23)10-1-3-12(4-2-10)25(27)28/h1-8H,9H2,(H2,23,24). The topological polar surface area (TPSA) is 130 Å². The number of oxime groups is 1. The number of halogens is 3. The highest BCUT2D eigenvalue weighted by Crippen LogP contribution is 2.36. The van der Waals surface area contributed by atoms with Crippen molar-refractivity contribution in [2.75, 3.05) is 0 Å². The summed E-state index contributed by atoms with van der Waals surface area (Å²) in [5, 5.41) is 15.0. The number of hydrogen-bond donors (Lipinski definition) is 1. The van der Waals surface area contributed by atoms with E-state index in [9.17, 15) is 14.9 Å². The largest absolute Gasteiger partial charge is 0.483 e. The number of benzene rings is 2. The van der Waals surface area contributed by atoms with Gasteiger partial charge < -0.3 is 19.7 Å². The van der Waals surface area contributed by atoms with E-state index in [1.807, 2.05) is 0 Å². The summed E-state index contributed by atoms with van der Waals surface area (Å²) in [5.41, 5.74) is 5.95. The number of nitrogens with zero attached hydrogens (tertiary/aromatic N) is 2. The lowest BCUT2D eigenvalue weighted by atomic mass is 10.2. The van der Waals surface area contributed by atoms with Crippen LogP contribution in [0.2, 0.25) is 15.1 Å². The first-order chi connectivity index (χ1) is 14.7. The van der Waals surface area contributed by atoms with E-state index in [1.165, 1.54) is 48.5 Å². The van der Waals surface area contributed by atoms with E-state index in [4.69, 9.17) is 54.5 Å². The number of non-ortho nitro benzene ring substituents is 1. The number of ether oxygens (including phenoxy) is 1. The van der Waals surface area contributed by atoms with Gasteiger partial charge in [0.2, 0.25) is 5.76 Å². The maximum absolute atomic E-state index is 12.1. The van der Waals surface area contributed by atoms with E-state index < -0.39 is 10.9 Å². The van der Waals surface area contributed by atoms with E-state index in [1.54, 1.807) is 0 Å². The Hall–Kier alpha value is -3.27. The first kappa shape index (κ1) is 22.4. The molecule has 12 heteroatoms. The van der Waals surface area contributed by atoms with E-state index in [0.717, 1.165) is 0 Å². The predicted octanol–water partition coefficient (Wildman–Crippen LogP) is 5.20. The molecule has 2 aromatic carbocycles. The van der Waals surface area contributed by atoms with Crippen molar-refractivity contribution in [3.05, 3.63) is 90.8 Å². The average Bonchev–Trinajstić information content (AvgIpc) is 3.20. The Kier molecular flexibility index (Phi) is 7.01. The molecule has 0 atom stereocenters. The first-order valence-corrected chi connectivity index (χ1v) is 9.53. The van der Waals surface area contributed by atoms with Crippen molar-refractivity contribution in [1.29, 1.82) is 0 Å². The zero-order chi connectivity index (χ0) is 22.5. The Morgan fingerprint density at radius 2 is 1.74 bits per heavy atom. The Bertz CT molecular complexity index is 1140. The van der Waals surface area contributed by atoms with E-state index in [0.29, 0.717) is 16.3 Å². The second-order valence-corrected chi connectivity index (χ2v) is 7.16. The Morgan fingerprint density at radius 3 is 2.35 bits per heavy atom. The molecule has 160 valence electrons. The summed E-state index contributed by atoms with van der Waals surface area (Å²) in [6.45, 7) is -0.0669. The van der Waals surface area contributed by atoms with Crippen LogP contribution in [0.4, 0.5) is 5.69 Å². The van der Waals surface area contributed by atoms with Crippen LogP contribution >= 0.6 is 34.8 Å². The number of nitro benzene ring substituents is 1. The van der Waals surface area contributed by atoms with Gasteiger partial charge in [-0.1, -0.05) is 40.0 Å². The molecule has 3 aromatic rings. The van der Waals surface area contributed by atoms with Crippen LogP contribution in [0.5, 0.6) is 5.75 Å². The number of furan rings is 1. The SMILES string of the molecule is N/C(=N\OC(=O)c1ccc(COc2c(Cl)cc(Cl)cc2Cl)o1)c1ccc([N+](=O)[O-])cc1. The maximum atomic E-state index is 12.1. The number of hydrogen-bond acceptors (Lipinski definition) is 7. The molecule has 3 rings (SSSR count). The molecule has 0 fully saturated rings. The zero-order valence-corrected chi connectivity index (χ0v) is 17.6. The number of nitro groups is 1. The third kappa shape index (κ3) is 5.66. The summed E-state index contributed by atoms with van der Waals surface area (Å²) < 4.78 is 10.9. The van der Waals surface area contributed by atoms with Crippen LogP contribution < -0.4 is 10.5 Å². The molecule has 0 aliphatic rings. The fourth-order valence-electron chi connectivity index (χ4n) is 2.32. The van der Waals surface area contributed by atoms with Gasteiger partial charge in [-0.15, -0.1) is 0 Å². The van der Waals surface area contributed by atoms with Crippen molar-refractivity contribution in [1.82, 2.24) is 0 Å². The van der Waals surface area contributed by atoms with Crippen molar-refractivity contribution in [2.45, 2.75) is 6.61 Å². The lowest BCUT2D eigenvalue weighted by molar-refractivity contribution is -0.384. The Morgan fingerprint density at radius 1 is 1.10 bits per heavy atom. The smallest absolute Gasteiger partial charge is 0.400 e. The Balaban J connectivity index is 1.61. The van der Waals surface area contributed by atoms with Gasteiger partial charge in [-0.2, -0.15) is 0 Å². The van der Waals surface area contributed by atoms with Crippen LogP contribution in [0.15, 0.2) is 58.1 Å². The zero-order valence-electron chi connectivity index (χ0n) is 15.4. The van der Waals surface area contributed by atoms with Crippen LogP contribution in [0.1, 0.15) is 21.9 Å². The van der Waals surface area contributed by atoms with Gasteiger partial charge in [-0.25, -0.2) is 4.79 Å². The molecule has 2 N–H and O–H groups in total. The van der Waals surface area contributed by atoms with Crippen LogP contribution in [-0.2, 0) is 11.4 Å². The molecule has 0 bridgehead atoms. The summed E-state index contributed by atoms with van der Waals surface area (Å²) >= 11 is 17.9. The van der Waals surface area contributed by atoms with Gasteiger partial charge in [0.15, 0.2) is 11.6 Å². The molecule has 0 radical (unpaired) electrons. The van der Waals surface area contributed by atoms with Gasteiger partial charge in [0.1, 0.15) is 12.4 Å². The monoisotopic (exact) mass is 483 g/mol. The number of carbonyl (C=O) groups is 1. The van der Waals surface area contributed by atoms with Gasteiger partial charge >= 0.3 is 5.97 Å². The van der Waals surface area contributed by atoms with Crippen molar-refractivity contribution in [3.8, 4) is 5.75 Å². The summed E-state index contributed by atoms with van der Waals surface area (Å²) in [4.78, 5) is 27.0. The molecule has 0 spiro atoms. The molecule has 1 heterocycles. The molecule has 0 saturated carbocycles. The van der Waals surface area contributed by atoms with Gasteiger partial charge in [-0.3, -0.25) is 10.1 Å². The highest BCUT2D eigenvalue weighted by atomic mass is 35.5. The molecule has 0 aliphatic heterocycles. The molecular weight excluding hydrogens is 473 g/mol. The summed E-state index contributed by atoms with van der Waals surface area (Å²) in [5.74, 6) is -0.689. The third-order valence-electron chi connectivity index (χ3n) is 3.79. The molecule has 0 aliphatic carbocycles. The number of amidine groups is 1. The van der Waals surface area contributed by atoms with Crippen molar-refractivity contribution < 1.29 is 23.7 Å². The molecule has 9 nitrogen and oxygen atoms in total. The lowest BCUT2D eigenvalue weighted by Gasteiger charge is -2.08. The van der Waals surface area contributed by atoms with Crippen LogP contribution in [0.3, 0.4) is 0 Å². The van der Waals surface area contributed by atoms with Crippen LogP contribution in [-0.4, -0.2) is 16.7 Å². The predicted molar refractivity (Wildman–Crippen MR) is 114 cm³/mol. The maximum Gasteiger partial charge on any atom is 0.400 e. The van der Waals surface area contributed by atoms with Gasteiger partial charge in [0, 0.05) is 22.7 Å². The number of nitrogens with two attached hydrogens (primary N) is 1. The fourth-order valence-corrected chi connectivity index (χ4v) is 3.24. The summed E-state index contributed by atoms with van der Waals surface area (Å²) in [7, 11) is 0. The minimum Gasteiger partial charge on any atom is -0.483 e. The second-order valence-electron chi connectivity index (χ2n) is 5.91. The summed E-state index contributed by atoms with van der Waals surface area (Å²) in [6, 6.07) is 11.1. The highest BCUT2D eigenvalue weighted by molar-refractivity contribution is 6.40. The molecule has 0 unspecified atom stereocenters. The average molecular weight is 485 g/mol. The number of carbonyl (C=O) groups excluding carboxylic acids is 1. The van der Waals surface area contributed by atoms with Gasteiger partial charge in [-0.05, 0) is 36.4 Å². The third-order valence-corrected chi connectivity index (χ3v) is 4.57. The minimum atomic E-state index is -0.904. The minimum absolute atomic E-state index is 0.0669. The molecular formula is C19H12Cl3N3O6. The first-order valence-electron chi connectivity index (χ1n) is 8.40. The summed E-state index contributed by atoms with van der Waals surface area (Å²) in [6.07, 6.45) is 0. The molecule has 1 aromatic heterocycles. The van der Waals surface area contributed by atoms with Crippen molar-refractivity contribution in [2.24, 2.45) is 10.9 Å². The van der Waals surface area contributed by atoms with E-state index in [2.05, 4.69) is 5.16 Å². The van der Waals surface area contributed by atoms with Crippen molar-refractivity contribution in [3.63, 3.8) is 0 Å². The van der Waals surface area contributed by atoms with Crippen LogP contribution in [0.25, 0.3) is 0 Å². The molecule has 0 amide bonds. The van der Waals surface area contributed by atoms with E-state index >= 15 is 0 Å². The number of rotatable bonds is 7. The molecule has 31 heavy (non-hydrogen) atoms. The fraction of sp³-hybridized carbons (Fsp3) is 0.0526. The van der Waals surface area contributed by atoms with Crippen LogP contribution in [0, 0.1) is 10.1 Å². The van der Waals surface area contributed by atoms with Gasteiger partial charge in [0.25, 0.3) is 5.69 Å². The lowest BCUT2D eigenvalue weighted by Crippen LogP contribution is -2.15. The van der Waals surface area contributed by atoms with Crippen molar-refractivity contribution >= 4 is 52.3 Å². The van der Waals surface area contributed by atoms with E-state index in [-0.39, 0.29) is 39.7 Å². The normalized spacial score (nSPS) is 11.3. The highest BCUT2D eigenvalue weighted by Gasteiger charge is 2.16. The molecule has 0 saturated heterocycles. The van der Waals surface area contributed by atoms with Gasteiger partial charge in [0.05, 0.1) is 15.0 Å². The second kappa shape index (κ2) is 9.69.